The summed E-state index contributed by atoms with van der Waals surface area (Å²) < 4.78 is 96.1. The molecule has 4 fully saturated rings. The minimum Gasteiger partial charge on any atom is -0.550 e. The lowest BCUT2D eigenvalue weighted by Gasteiger charge is -2.60. The van der Waals surface area contributed by atoms with Crippen molar-refractivity contribution in [3.63, 3.8) is 0 Å². The van der Waals surface area contributed by atoms with Gasteiger partial charge in [0.15, 0.2) is 0 Å². The molecule has 4 aliphatic rings. The van der Waals surface area contributed by atoms with E-state index in [0.717, 1.165) is 0 Å². The number of esters is 1. The van der Waals surface area contributed by atoms with Crippen molar-refractivity contribution < 1.29 is 55.2 Å². The molecule has 4 saturated carbocycles. The third-order valence-corrected chi connectivity index (χ3v) is 6.71. The highest BCUT2D eigenvalue weighted by Crippen LogP contribution is 2.64. The Morgan fingerprint density at radius 2 is 1.52 bits per heavy atom. The average Bonchev–Trinajstić information content (AvgIpc) is 2.57. The van der Waals surface area contributed by atoms with E-state index in [2.05, 4.69) is 4.74 Å². The summed E-state index contributed by atoms with van der Waals surface area (Å²) in [5.74, 6) is -4.53. The summed E-state index contributed by atoms with van der Waals surface area (Å²) in [6.45, 7) is 0.409. The van der Waals surface area contributed by atoms with Gasteiger partial charge < -0.3 is 24.1 Å². The number of ether oxygens (including phenoxy) is 3. The molecule has 0 aromatic heterocycles. The molecule has 0 N–H and O–H groups in total. The van der Waals surface area contributed by atoms with E-state index in [9.17, 15) is 41.0 Å². The number of hydrogen-bond acceptors (Lipinski definition) is 6. The van der Waals surface area contributed by atoms with Crippen LogP contribution < -0.4 is 5.11 Å². The minimum atomic E-state index is -6.20. The van der Waals surface area contributed by atoms with Gasteiger partial charge in [-0.3, -0.25) is 4.79 Å². The Bertz CT molecular complexity index is 690. The fourth-order valence-electron chi connectivity index (χ4n) is 5.91. The topological polar surface area (TPSA) is 84.9 Å². The first kappa shape index (κ1) is 24.1. The quantitative estimate of drug-likeness (QED) is 0.314. The molecular weight excluding hydrogens is 438 g/mol. The molecule has 0 heterocycles. The first-order chi connectivity index (χ1) is 14.2. The Morgan fingerprint density at radius 3 is 1.97 bits per heavy atom. The van der Waals surface area contributed by atoms with E-state index in [4.69, 9.17) is 9.47 Å². The van der Waals surface area contributed by atoms with Crippen LogP contribution in [0.5, 0.6) is 0 Å². The third kappa shape index (κ3) is 4.24. The molecule has 0 aliphatic heterocycles. The lowest BCUT2D eigenvalue weighted by Crippen LogP contribution is -2.65. The van der Waals surface area contributed by atoms with Gasteiger partial charge in [0.05, 0.1) is 24.2 Å². The fourth-order valence-corrected chi connectivity index (χ4v) is 5.91. The van der Waals surface area contributed by atoms with Crippen LogP contribution >= 0.6 is 0 Å². The highest BCUT2D eigenvalue weighted by molar-refractivity contribution is 5.79. The van der Waals surface area contributed by atoms with Crippen molar-refractivity contribution in [1.29, 1.82) is 0 Å². The van der Waals surface area contributed by atoms with Gasteiger partial charge in [0, 0.05) is 19.5 Å². The summed E-state index contributed by atoms with van der Waals surface area (Å²) in [5, 5.41) is 10.8. The van der Waals surface area contributed by atoms with Crippen LogP contribution in [0.2, 0.25) is 0 Å². The third-order valence-electron chi connectivity index (χ3n) is 6.71. The molecule has 178 valence electrons. The smallest absolute Gasteiger partial charge is 0.437 e. The number of halogens is 6. The summed E-state index contributed by atoms with van der Waals surface area (Å²) in [6, 6.07) is 0. The molecule has 0 aromatic carbocycles. The van der Waals surface area contributed by atoms with Crippen molar-refractivity contribution in [2.45, 2.75) is 68.5 Å². The molecule has 0 saturated heterocycles. The van der Waals surface area contributed by atoms with Crippen molar-refractivity contribution in [2.75, 3.05) is 20.3 Å². The standard InChI is InChI=1S/C19H24F6O6/c1-29-2-3-30-16-7-11-4-12(8-16)6-15(5-11,10-16)14(28)31-17(9-13(26)27,18(20,21)22)19(23,24)25/h11-12H,2-10H2,1H3,(H,26,27)/p-1. The summed E-state index contributed by atoms with van der Waals surface area (Å²) in [7, 11) is 1.45. The molecule has 4 aliphatic carbocycles. The van der Waals surface area contributed by atoms with E-state index in [-0.39, 0.29) is 44.3 Å². The van der Waals surface area contributed by atoms with Crippen molar-refractivity contribution in [3.8, 4) is 0 Å². The second-order valence-corrected chi connectivity index (χ2v) is 9.03. The first-order valence-electron chi connectivity index (χ1n) is 9.87. The molecule has 2 unspecified atom stereocenters. The van der Waals surface area contributed by atoms with E-state index in [1.54, 1.807) is 0 Å². The number of hydrogen-bond donors (Lipinski definition) is 0. The number of alkyl halides is 6. The SMILES string of the molecule is COCCOC12CC3CC(C1)CC(C(=O)OC(CC(=O)[O-])(C(F)(F)F)C(F)(F)F)(C3)C2. The fraction of sp³-hybridized carbons (Fsp3) is 0.895. The normalized spacial score (nSPS) is 32.9. The van der Waals surface area contributed by atoms with E-state index in [1.807, 2.05) is 0 Å². The predicted octanol–water partition coefficient (Wildman–Crippen LogP) is 2.54. The highest BCUT2D eigenvalue weighted by atomic mass is 19.4. The summed E-state index contributed by atoms with van der Waals surface area (Å²) in [5.41, 5.74) is -7.62. The number of rotatable bonds is 8. The lowest BCUT2D eigenvalue weighted by molar-refractivity contribution is -0.383. The zero-order valence-corrected chi connectivity index (χ0v) is 16.7. The number of methoxy groups -OCH3 is 1. The van der Waals surface area contributed by atoms with E-state index < -0.39 is 47.3 Å². The van der Waals surface area contributed by atoms with Crippen molar-refractivity contribution in [3.05, 3.63) is 0 Å². The van der Waals surface area contributed by atoms with Crippen LogP contribution in [0.1, 0.15) is 44.9 Å². The van der Waals surface area contributed by atoms with Crippen LogP contribution in [0.4, 0.5) is 26.3 Å². The molecule has 6 nitrogen and oxygen atoms in total. The molecular formula is C19H23F6O6-. The van der Waals surface area contributed by atoms with Gasteiger partial charge in [0.2, 0.25) is 0 Å². The molecule has 31 heavy (non-hydrogen) atoms. The van der Waals surface area contributed by atoms with Crippen molar-refractivity contribution in [1.82, 2.24) is 0 Å². The Labute approximate surface area is 174 Å². The monoisotopic (exact) mass is 461 g/mol. The van der Waals surface area contributed by atoms with E-state index >= 15 is 0 Å². The van der Waals surface area contributed by atoms with Gasteiger partial charge >= 0.3 is 23.9 Å². The van der Waals surface area contributed by atoms with Crippen LogP contribution in [0, 0.1) is 17.3 Å². The van der Waals surface area contributed by atoms with Gasteiger partial charge in [-0.15, -0.1) is 0 Å². The molecule has 4 bridgehead atoms. The number of carbonyl (C=O) groups excluding carboxylic acids is 2. The summed E-state index contributed by atoms with van der Waals surface area (Å²) in [4.78, 5) is 23.7. The number of carboxylic acids is 1. The number of carbonyl (C=O) groups is 2. The zero-order chi connectivity index (χ0) is 23.3. The lowest BCUT2D eigenvalue weighted by atomic mass is 9.48. The second kappa shape index (κ2) is 7.79. The Morgan fingerprint density at radius 1 is 0.968 bits per heavy atom. The Balaban J connectivity index is 1.92. The maximum Gasteiger partial charge on any atom is 0.437 e. The van der Waals surface area contributed by atoms with Gasteiger partial charge in [-0.25, -0.2) is 0 Å². The zero-order valence-electron chi connectivity index (χ0n) is 16.7. The molecule has 0 amide bonds. The van der Waals surface area contributed by atoms with Gasteiger partial charge in [0.1, 0.15) is 0 Å². The Kier molecular flexibility index (Phi) is 6.05. The average molecular weight is 461 g/mol. The number of carboxylic acid groups (broad SMARTS) is 1. The largest absolute Gasteiger partial charge is 0.550 e. The van der Waals surface area contributed by atoms with Crippen LogP contribution in [-0.2, 0) is 23.8 Å². The maximum atomic E-state index is 13.5. The van der Waals surface area contributed by atoms with Gasteiger partial charge in [-0.2, -0.15) is 26.3 Å². The molecule has 0 radical (unpaired) electrons. The van der Waals surface area contributed by atoms with Crippen LogP contribution in [0.15, 0.2) is 0 Å². The molecule has 2 atom stereocenters. The van der Waals surface area contributed by atoms with Crippen molar-refractivity contribution in [2.24, 2.45) is 17.3 Å². The number of aliphatic carboxylic acids is 1. The van der Waals surface area contributed by atoms with Gasteiger partial charge in [0.25, 0.3) is 0 Å². The molecule has 12 heteroatoms. The van der Waals surface area contributed by atoms with Crippen molar-refractivity contribution >= 4 is 11.9 Å². The molecule has 0 spiro atoms. The summed E-state index contributed by atoms with van der Waals surface area (Å²) >= 11 is 0. The molecule has 4 rings (SSSR count). The molecule has 0 aromatic rings. The van der Waals surface area contributed by atoms with Gasteiger partial charge in [-0.1, -0.05) is 0 Å². The van der Waals surface area contributed by atoms with E-state index in [0.29, 0.717) is 19.3 Å². The first-order valence-corrected chi connectivity index (χ1v) is 9.87. The van der Waals surface area contributed by atoms with Crippen LogP contribution in [0.3, 0.4) is 0 Å². The van der Waals surface area contributed by atoms with E-state index in [1.165, 1.54) is 7.11 Å². The Hall–Kier alpha value is -1.56. The maximum absolute atomic E-state index is 13.5. The minimum absolute atomic E-state index is 0.0767. The predicted molar refractivity (Wildman–Crippen MR) is 88.2 cm³/mol. The second-order valence-electron chi connectivity index (χ2n) is 9.03. The van der Waals surface area contributed by atoms with Crippen LogP contribution in [0.25, 0.3) is 0 Å². The highest BCUT2D eigenvalue weighted by Gasteiger charge is 2.75. The van der Waals surface area contributed by atoms with Gasteiger partial charge in [-0.05, 0) is 50.4 Å². The summed E-state index contributed by atoms with van der Waals surface area (Å²) in [6.07, 6.45) is -13.1. The van der Waals surface area contributed by atoms with Crippen LogP contribution in [-0.4, -0.2) is 55.8 Å².